The Kier molecular flexibility index (Phi) is 4.21. The van der Waals surface area contributed by atoms with Gasteiger partial charge in [-0.05, 0) is 42.2 Å². The van der Waals surface area contributed by atoms with E-state index in [2.05, 4.69) is 33.4 Å². The molecule has 1 aliphatic heterocycles. The first-order valence-corrected chi connectivity index (χ1v) is 9.02. The highest BCUT2D eigenvalue weighted by molar-refractivity contribution is 9.10. The summed E-state index contributed by atoms with van der Waals surface area (Å²) in [6.07, 6.45) is 0.469. The SMILES string of the molecule is O=C(Nc1ccccc1N1CCOC1=O)C1CC1c1cccc(Br)c1. The maximum atomic E-state index is 12.6. The molecular formula is C19H17BrN2O3. The van der Waals surface area contributed by atoms with Crippen molar-refractivity contribution in [1.29, 1.82) is 0 Å². The lowest BCUT2D eigenvalue weighted by Crippen LogP contribution is -2.25. The van der Waals surface area contributed by atoms with Crippen LogP contribution in [0.1, 0.15) is 17.9 Å². The third-order valence-corrected chi connectivity index (χ3v) is 5.11. The monoisotopic (exact) mass is 400 g/mol. The lowest BCUT2D eigenvalue weighted by molar-refractivity contribution is -0.117. The van der Waals surface area contributed by atoms with Crippen LogP contribution in [-0.2, 0) is 9.53 Å². The molecule has 1 N–H and O–H groups in total. The Morgan fingerprint density at radius 2 is 2.04 bits per heavy atom. The van der Waals surface area contributed by atoms with E-state index in [9.17, 15) is 9.59 Å². The summed E-state index contributed by atoms with van der Waals surface area (Å²) >= 11 is 3.47. The van der Waals surface area contributed by atoms with Crippen molar-refractivity contribution in [2.75, 3.05) is 23.4 Å². The summed E-state index contributed by atoms with van der Waals surface area (Å²) in [5.41, 5.74) is 2.50. The number of rotatable bonds is 4. The van der Waals surface area contributed by atoms with Crippen LogP contribution >= 0.6 is 15.9 Å². The van der Waals surface area contributed by atoms with Crippen LogP contribution in [0.15, 0.2) is 53.0 Å². The Balaban J connectivity index is 1.48. The average Bonchev–Trinajstić information content (AvgIpc) is 3.31. The fraction of sp³-hybridized carbons (Fsp3) is 0.263. The fourth-order valence-electron chi connectivity index (χ4n) is 3.24. The van der Waals surface area contributed by atoms with Crippen LogP contribution < -0.4 is 10.2 Å². The Hall–Kier alpha value is -2.34. The second-order valence-electron chi connectivity index (χ2n) is 6.28. The molecule has 1 saturated carbocycles. The van der Waals surface area contributed by atoms with Gasteiger partial charge in [0.25, 0.3) is 0 Å². The number of carbonyl (C=O) groups excluding carboxylic acids is 2. The first-order valence-electron chi connectivity index (χ1n) is 8.23. The van der Waals surface area contributed by atoms with E-state index < -0.39 is 0 Å². The van der Waals surface area contributed by atoms with Crippen molar-refractivity contribution in [3.63, 3.8) is 0 Å². The molecule has 0 aromatic heterocycles. The molecule has 0 radical (unpaired) electrons. The Labute approximate surface area is 154 Å². The van der Waals surface area contributed by atoms with Gasteiger partial charge in [-0.25, -0.2) is 4.79 Å². The standard InChI is InChI=1S/C19H17BrN2O3/c20-13-5-3-4-12(10-13)14-11-15(14)18(23)21-16-6-1-2-7-17(16)22-8-9-25-19(22)24/h1-7,10,14-15H,8-9,11H2,(H,21,23). The van der Waals surface area contributed by atoms with Gasteiger partial charge < -0.3 is 10.1 Å². The molecule has 2 fully saturated rings. The van der Waals surface area contributed by atoms with Crippen LogP contribution in [0.25, 0.3) is 0 Å². The first kappa shape index (κ1) is 16.1. The van der Waals surface area contributed by atoms with Crippen LogP contribution in [0, 0.1) is 5.92 Å². The van der Waals surface area contributed by atoms with E-state index in [0.29, 0.717) is 24.5 Å². The van der Waals surface area contributed by atoms with E-state index >= 15 is 0 Å². The lowest BCUT2D eigenvalue weighted by Gasteiger charge is -2.17. The molecule has 2 unspecified atom stereocenters. The highest BCUT2D eigenvalue weighted by Crippen LogP contribution is 2.48. The van der Waals surface area contributed by atoms with Crippen LogP contribution in [0.3, 0.4) is 0 Å². The Bertz CT molecular complexity index is 839. The van der Waals surface area contributed by atoms with E-state index in [1.54, 1.807) is 4.90 Å². The normalized spacial score (nSPS) is 21.8. The van der Waals surface area contributed by atoms with Gasteiger partial charge in [-0.1, -0.05) is 40.2 Å². The highest BCUT2D eigenvalue weighted by Gasteiger charge is 2.44. The highest BCUT2D eigenvalue weighted by atomic mass is 79.9. The number of para-hydroxylation sites is 2. The van der Waals surface area contributed by atoms with Crippen molar-refractivity contribution in [3.05, 3.63) is 58.6 Å². The molecule has 1 aliphatic carbocycles. The molecule has 2 aliphatic rings. The summed E-state index contributed by atoms with van der Waals surface area (Å²) in [4.78, 5) is 26.0. The van der Waals surface area contributed by atoms with E-state index in [-0.39, 0.29) is 23.8 Å². The maximum absolute atomic E-state index is 12.6. The van der Waals surface area contributed by atoms with E-state index in [1.165, 1.54) is 5.56 Å². The number of hydrogen-bond acceptors (Lipinski definition) is 3. The molecule has 2 amide bonds. The number of halogens is 1. The Morgan fingerprint density at radius 3 is 2.80 bits per heavy atom. The third kappa shape index (κ3) is 3.26. The van der Waals surface area contributed by atoms with Gasteiger partial charge in [0.1, 0.15) is 6.61 Å². The van der Waals surface area contributed by atoms with Gasteiger partial charge in [-0.3, -0.25) is 9.69 Å². The zero-order valence-electron chi connectivity index (χ0n) is 13.4. The summed E-state index contributed by atoms with van der Waals surface area (Å²) in [7, 11) is 0. The maximum Gasteiger partial charge on any atom is 0.414 e. The predicted molar refractivity (Wildman–Crippen MR) is 98.8 cm³/mol. The molecule has 2 atom stereocenters. The van der Waals surface area contributed by atoms with Gasteiger partial charge >= 0.3 is 6.09 Å². The number of anilines is 2. The summed E-state index contributed by atoms with van der Waals surface area (Å²) in [6, 6.07) is 15.4. The number of benzene rings is 2. The molecule has 2 aromatic carbocycles. The topological polar surface area (TPSA) is 58.6 Å². The molecule has 2 aromatic rings. The van der Waals surface area contributed by atoms with Crippen LogP contribution in [0.2, 0.25) is 0 Å². The summed E-state index contributed by atoms with van der Waals surface area (Å²) in [5, 5.41) is 2.98. The summed E-state index contributed by atoms with van der Waals surface area (Å²) in [6.45, 7) is 0.866. The van der Waals surface area contributed by atoms with Crippen molar-refractivity contribution in [3.8, 4) is 0 Å². The smallest absolute Gasteiger partial charge is 0.414 e. The minimum absolute atomic E-state index is 0.00927. The van der Waals surface area contributed by atoms with Crippen molar-refractivity contribution < 1.29 is 14.3 Å². The molecule has 128 valence electrons. The molecule has 0 bridgehead atoms. The number of carbonyl (C=O) groups is 2. The number of ether oxygens (including phenoxy) is 1. The summed E-state index contributed by atoms with van der Waals surface area (Å²) in [5.74, 6) is 0.208. The van der Waals surface area contributed by atoms with Crippen LogP contribution in [-0.4, -0.2) is 25.2 Å². The second kappa shape index (κ2) is 6.52. The van der Waals surface area contributed by atoms with Gasteiger partial charge in [0, 0.05) is 10.4 Å². The van der Waals surface area contributed by atoms with Gasteiger partial charge in [0.05, 0.1) is 17.9 Å². The zero-order valence-corrected chi connectivity index (χ0v) is 15.0. The Morgan fingerprint density at radius 1 is 1.20 bits per heavy atom. The van der Waals surface area contributed by atoms with Crippen LogP contribution in [0.4, 0.5) is 16.2 Å². The van der Waals surface area contributed by atoms with Gasteiger partial charge in [0.2, 0.25) is 5.91 Å². The van der Waals surface area contributed by atoms with Gasteiger partial charge in [0.15, 0.2) is 0 Å². The van der Waals surface area contributed by atoms with E-state index in [4.69, 9.17) is 4.74 Å². The van der Waals surface area contributed by atoms with Crippen molar-refractivity contribution in [2.24, 2.45) is 5.92 Å². The molecule has 1 heterocycles. The van der Waals surface area contributed by atoms with Crippen molar-refractivity contribution in [2.45, 2.75) is 12.3 Å². The third-order valence-electron chi connectivity index (χ3n) is 4.62. The van der Waals surface area contributed by atoms with Crippen LogP contribution in [0.5, 0.6) is 0 Å². The minimum atomic E-state index is -0.375. The van der Waals surface area contributed by atoms with Crippen molar-refractivity contribution in [1.82, 2.24) is 0 Å². The first-order chi connectivity index (χ1) is 12.1. The fourth-order valence-corrected chi connectivity index (χ4v) is 3.66. The van der Waals surface area contributed by atoms with Crippen molar-refractivity contribution >= 4 is 39.3 Å². The van der Waals surface area contributed by atoms with E-state index in [1.807, 2.05) is 36.4 Å². The van der Waals surface area contributed by atoms with E-state index in [0.717, 1.165) is 10.9 Å². The average molecular weight is 401 g/mol. The van der Waals surface area contributed by atoms with Gasteiger partial charge in [-0.2, -0.15) is 0 Å². The predicted octanol–water partition coefficient (Wildman–Crippen LogP) is 4.15. The number of amides is 2. The number of nitrogens with zero attached hydrogens (tertiary/aromatic N) is 1. The molecular weight excluding hydrogens is 384 g/mol. The molecule has 6 heteroatoms. The largest absolute Gasteiger partial charge is 0.447 e. The minimum Gasteiger partial charge on any atom is -0.447 e. The molecule has 0 spiro atoms. The summed E-state index contributed by atoms with van der Waals surface area (Å²) < 4.78 is 6.02. The second-order valence-corrected chi connectivity index (χ2v) is 7.19. The molecule has 1 saturated heterocycles. The zero-order chi connectivity index (χ0) is 17.4. The molecule has 25 heavy (non-hydrogen) atoms. The van der Waals surface area contributed by atoms with Gasteiger partial charge in [-0.15, -0.1) is 0 Å². The lowest BCUT2D eigenvalue weighted by atomic mass is 10.1. The number of nitrogens with one attached hydrogen (secondary N) is 1. The number of hydrogen-bond donors (Lipinski definition) is 1. The molecule has 4 rings (SSSR count). The molecule has 5 nitrogen and oxygen atoms in total. The quantitative estimate of drug-likeness (QED) is 0.838. The number of cyclic esters (lactones) is 1.